The Morgan fingerprint density at radius 3 is 2.45 bits per heavy atom. The molecule has 1 aliphatic carbocycles. The second kappa shape index (κ2) is 4.48. The van der Waals surface area contributed by atoms with Gasteiger partial charge in [0, 0.05) is 5.41 Å². The zero-order valence-electron chi connectivity index (χ0n) is 13.4. The predicted molar refractivity (Wildman–Crippen MR) is 81.6 cm³/mol. The Morgan fingerprint density at radius 1 is 1.23 bits per heavy atom. The number of methoxy groups -OCH3 is 1. The van der Waals surface area contributed by atoms with Crippen molar-refractivity contribution >= 4 is 17.6 Å². The number of anilines is 1. The minimum absolute atomic E-state index is 0.279. The standard InChI is InChI=1S/C17H21NO4/c1-15(2)16(3)9-10-17(15,22-14(16)20)13(19)18-11-7-5-6-8-12(11)21-4/h5-8H,9-10H2,1-4H3,(H,18,19). The Bertz CT molecular complexity index is 654. The molecule has 1 saturated heterocycles. The Morgan fingerprint density at radius 2 is 1.91 bits per heavy atom. The van der Waals surface area contributed by atoms with Crippen LogP contribution in [0.25, 0.3) is 0 Å². The van der Waals surface area contributed by atoms with E-state index >= 15 is 0 Å². The number of rotatable bonds is 3. The average molecular weight is 303 g/mol. The van der Waals surface area contributed by atoms with Crippen LogP contribution in [0.2, 0.25) is 0 Å². The fourth-order valence-electron chi connectivity index (χ4n) is 3.72. The van der Waals surface area contributed by atoms with Gasteiger partial charge in [-0.2, -0.15) is 0 Å². The van der Waals surface area contributed by atoms with Crippen LogP contribution in [-0.4, -0.2) is 24.6 Å². The molecule has 5 nitrogen and oxygen atoms in total. The molecule has 1 aliphatic heterocycles. The van der Waals surface area contributed by atoms with Crippen LogP contribution >= 0.6 is 0 Å². The highest BCUT2D eigenvalue weighted by Crippen LogP contribution is 2.65. The van der Waals surface area contributed by atoms with Gasteiger partial charge in [0.05, 0.1) is 18.2 Å². The van der Waals surface area contributed by atoms with E-state index in [0.717, 1.165) is 0 Å². The van der Waals surface area contributed by atoms with Gasteiger partial charge in [-0.05, 0) is 31.9 Å². The summed E-state index contributed by atoms with van der Waals surface area (Å²) in [6.45, 7) is 5.76. The second-order valence-corrected chi connectivity index (χ2v) is 6.83. The maximum Gasteiger partial charge on any atom is 0.313 e. The lowest BCUT2D eigenvalue weighted by Gasteiger charge is -2.35. The molecule has 3 rings (SSSR count). The molecule has 2 atom stereocenters. The molecule has 2 aliphatic rings. The Hall–Kier alpha value is -2.04. The summed E-state index contributed by atoms with van der Waals surface area (Å²) < 4.78 is 10.8. The summed E-state index contributed by atoms with van der Waals surface area (Å²) in [7, 11) is 1.55. The van der Waals surface area contributed by atoms with Gasteiger partial charge in [0.1, 0.15) is 5.75 Å². The van der Waals surface area contributed by atoms with E-state index in [1.54, 1.807) is 19.2 Å². The van der Waals surface area contributed by atoms with Crippen molar-refractivity contribution in [2.45, 2.75) is 39.2 Å². The molecule has 5 heteroatoms. The van der Waals surface area contributed by atoms with E-state index in [1.807, 2.05) is 32.9 Å². The first-order chi connectivity index (χ1) is 10.3. The van der Waals surface area contributed by atoms with Crippen LogP contribution in [0.5, 0.6) is 5.75 Å². The summed E-state index contributed by atoms with van der Waals surface area (Å²) in [5.74, 6) is 0.0191. The highest BCUT2D eigenvalue weighted by Gasteiger charge is 2.75. The molecular formula is C17H21NO4. The summed E-state index contributed by atoms with van der Waals surface area (Å²) in [5.41, 5.74) is -1.69. The van der Waals surface area contributed by atoms with E-state index < -0.39 is 16.4 Å². The van der Waals surface area contributed by atoms with Crippen molar-refractivity contribution in [3.8, 4) is 5.75 Å². The predicted octanol–water partition coefficient (Wildman–Crippen LogP) is 2.76. The lowest BCUT2D eigenvalue weighted by atomic mass is 9.66. The lowest BCUT2D eigenvalue weighted by Crippen LogP contribution is -2.50. The summed E-state index contributed by atoms with van der Waals surface area (Å²) in [6.07, 6.45) is 1.21. The number of amides is 1. The van der Waals surface area contributed by atoms with E-state index in [-0.39, 0.29) is 11.9 Å². The molecule has 22 heavy (non-hydrogen) atoms. The molecule has 1 saturated carbocycles. The first kappa shape index (κ1) is 14.9. The number of carbonyl (C=O) groups is 2. The minimum Gasteiger partial charge on any atom is -0.495 e. The molecule has 2 unspecified atom stereocenters. The van der Waals surface area contributed by atoms with E-state index in [1.165, 1.54) is 0 Å². The zero-order valence-corrected chi connectivity index (χ0v) is 13.4. The zero-order chi connectivity index (χ0) is 16.2. The molecule has 1 heterocycles. The number of fused-ring (bicyclic) bond motifs is 2. The van der Waals surface area contributed by atoms with E-state index in [9.17, 15) is 9.59 Å². The minimum atomic E-state index is -1.11. The van der Waals surface area contributed by atoms with Crippen LogP contribution < -0.4 is 10.1 Å². The quantitative estimate of drug-likeness (QED) is 0.872. The van der Waals surface area contributed by atoms with Gasteiger partial charge in [-0.15, -0.1) is 0 Å². The topological polar surface area (TPSA) is 64.6 Å². The number of nitrogens with one attached hydrogen (secondary N) is 1. The van der Waals surface area contributed by atoms with Crippen molar-refractivity contribution in [2.24, 2.45) is 10.8 Å². The van der Waals surface area contributed by atoms with Crippen LogP contribution in [-0.2, 0) is 14.3 Å². The summed E-state index contributed by atoms with van der Waals surface area (Å²) >= 11 is 0. The molecule has 0 spiro atoms. The van der Waals surface area contributed by atoms with Gasteiger partial charge in [0.15, 0.2) is 5.60 Å². The Balaban J connectivity index is 1.95. The number of carbonyl (C=O) groups excluding carboxylic acids is 2. The fraction of sp³-hybridized carbons (Fsp3) is 0.529. The van der Waals surface area contributed by atoms with Crippen molar-refractivity contribution in [3.05, 3.63) is 24.3 Å². The van der Waals surface area contributed by atoms with Gasteiger partial charge >= 0.3 is 5.97 Å². The highest BCUT2D eigenvalue weighted by molar-refractivity contribution is 6.03. The van der Waals surface area contributed by atoms with Crippen molar-refractivity contribution in [3.63, 3.8) is 0 Å². The summed E-state index contributed by atoms with van der Waals surface area (Å²) in [4.78, 5) is 25.2. The largest absolute Gasteiger partial charge is 0.495 e. The maximum atomic E-state index is 12.9. The number of benzene rings is 1. The van der Waals surface area contributed by atoms with E-state index in [0.29, 0.717) is 24.3 Å². The smallest absolute Gasteiger partial charge is 0.313 e. The van der Waals surface area contributed by atoms with Crippen molar-refractivity contribution in [2.75, 3.05) is 12.4 Å². The molecular weight excluding hydrogens is 282 g/mol. The number of esters is 1. The molecule has 0 aromatic heterocycles. The van der Waals surface area contributed by atoms with E-state index in [4.69, 9.17) is 9.47 Å². The number of para-hydroxylation sites is 2. The first-order valence-electron chi connectivity index (χ1n) is 7.46. The van der Waals surface area contributed by atoms with Crippen molar-refractivity contribution in [1.29, 1.82) is 0 Å². The Labute approximate surface area is 130 Å². The molecule has 2 bridgehead atoms. The van der Waals surface area contributed by atoms with Crippen molar-refractivity contribution < 1.29 is 19.1 Å². The van der Waals surface area contributed by atoms with Gasteiger partial charge in [-0.25, -0.2) is 0 Å². The van der Waals surface area contributed by atoms with Gasteiger partial charge < -0.3 is 14.8 Å². The molecule has 2 fully saturated rings. The number of hydrogen-bond donors (Lipinski definition) is 1. The van der Waals surface area contributed by atoms with E-state index in [2.05, 4.69) is 5.32 Å². The van der Waals surface area contributed by atoms with Crippen LogP contribution in [0, 0.1) is 10.8 Å². The van der Waals surface area contributed by atoms with Crippen LogP contribution in [0.3, 0.4) is 0 Å². The molecule has 1 N–H and O–H groups in total. The lowest BCUT2D eigenvalue weighted by molar-refractivity contribution is -0.165. The molecule has 118 valence electrons. The van der Waals surface area contributed by atoms with Crippen LogP contribution in [0.15, 0.2) is 24.3 Å². The average Bonchev–Trinajstić information content (AvgIpc) is 2.78. The van der Waals surface area contributed by atoms with Gasteiger partial charge in [-0.3, -0.25) is 9.59 Å². The summed E-state index contributed by atoms with van der Waals surface area (Å²) in [5, 5.41) is 2.87. The second-order valence-electron chi connectivity index (χ2n) is 6.83. The first-order valence-corrected chi connectivity index (χ1v) is 7.46. The Kier molecular flexibility index (Phi) is 3.03. The molecule has 1 aromatic rings. The molecule has 1 amide bonds. The third-order valence-electron chi connectivity index (χ3n) is 5.81. The molecule has 0 radical (unpaired) electrons. The number of ether oxygens (including phenoxy) is 2. The SMILES string of the molecule is COc1ccccc1NC(=O)C12CCC(C)(C(=O)O1)C2(C)C. The highest BCUT2D eigenvalue weighted by atomic mass is 16.6. The third kappa shape index (κ3) is 1.59. The number of hydrogen-bond acceptors (Lipinski definition) is 4. The van der Waals surface area contributed by atoms with Gasteiger partial charge in [-0.1, -0.05) is 26.0 Å². The van der Waals surface area contributed by atoms with Crippen molar-refractivity contribution in [1.82, 2.24) is 0 Å². The van der Waals surface area contributed by atoms with Gasteiger partial charge in [0.25, 0.3) is 5.91 Å². The van der Waals surface area contributed by atoms with Gasteiger partial charge in [0.2, 0.25) is 0 Å². The normalized spacial score (nSPS) is 31.7. The van der Waals surface area contributed by atoms with Crippen LogP contribution in [0.1, 0.15) is 33.6 Å². The third-order valence-corrected chi connectivity index (χ3v) is 5.81. The fourth-order valence-corrected chi connectivity index (χ4v) is 3.72. The van der Waals surface area contributed by atoms with Crippen LogP contribution in [0.4, 0.5) is 5.69 Å². The monoisotopic (exact) mass is 303 g/mol. The summed E-state index contributed by atoms with van der Waals surface area (Å²) in [6, 6.07) is 7.20. The maximum absolute atomic E-state index is 12.9. The molecule has 1 aromatic carbocycles.